The number of rotatable bonds is 2. The minimum Gasteiger partial charge on any atom is -0.356 e. The fraction of sp³-hybridized carbons (Fsp3) is 0.909. The van der Waals surface area contributed by atoms with Crippen molar-refractivity contribution in [3.63, 3.8) is 0 Å². The molecule has 1 fully saturated rings. The standard InChI is InChI=1S/C11H19F2N3/c1-8-6-14-10(16-8)15-7-9-3-2-4-11(12,13)5-9/h8-9H,2-7H2,1H3,(H2,14,15,16). The molecule has 1 aliphatic carbocycles. The highest BCUT2D eigenvalue weighted by molar-refractivity contribution is 5.81. The van der Waals surface area contributed by atoms with Crippen LogP contribution in [0.5, 0.6) is 0 Å². The zero-order chi connectivity index (χ0) is 11.6. The quantitative estimate of drug-likeness (QED) is 0.759. The molecule has 0 amide bonds. The van der Waals surface area contributed by atoms with Crippen molar-refractivity contribution in [2.45, 2.75) is 44.6 Å². The van der Waals surface area contributed by atoms with Gasteiger partial charge in [0.1, 0.15) is 0 Å². The molecule has 2 N–H and O–H groups in total. The van der Waals surface area contributed by atoms with Gasteiger partial charge in [0.15, 0.2) is 5.96 Å². The zero-order valence-corrected chi connectivity index (χ0v) is 9.60. The van der Waals surface area contributed by atoms with Crippen LogP contribution in [0, 0.1) is 5.92 Å². The number of guanidine groups is 1. The largest absolute Gasteiger partial charge is 0.356 e. The molecule has 1 aliphatic heterocycles. The van der Waals surface area contributed by atoms with Crippen molar-refractivity contribution < 1.29 is 8.78 Å². The molecule has 5 heteroatoms. The predicted molar refractivity (Wildman–Crippen MR) is 59.8 cm³/mol. The summed E-state index contributed by atoms with van der Waals surface area (Å²) in [5, 5.41) is 6.29. The van der Waals surface area contributed by atoms with Crippen molar-refractivity contribution in [1.82, 2.24) is 10.6 Å². The number of halogens is 2. The SMILES string of the molecule is CC1CN=C(NCC2CCCC(F)(F)C2)N1. The Morgan fingerprint density at radius 3 is 3.00 bits per heavy atom. The molecule has 16 heavy (non-hydrogen) atoms. The lowest BCUT2D eigenvalue weighted by atomic mass is 9.86. The molecule has 0 spiro atoms. The normalized spacial score (nSPS) is 33.1. The molecule has 0 aromatic carbocycles. The Hall–Kier alpha value is -0.870. The average Bonchev–Trinajstić information content (AvgIpc) is 2.60. The Bertz CT molecular complexity index is 278. The van der Waals surface area contributed by atoms with Crippen LogP contribution < -0.4 is 10.6 Å². The van der Waals surface area contributed by atoms with E-state index in [9.17, 15) is 8.78 Å². The number of nitrogens with one attached hydrogen (secondary N) is 2. The van der Waals surface area contributed by atoms with Gasteiger partial charge in [0, 0.05) is 25.4 Å². The van der Waals surface area contributed by atoms with Gasteiger partial charge in [-0.25, -0.2) is 8.78 Å². The predicted octanol–water partition coefficient (Wildman–Crippen LogP) is 1.75. The van der Waals surface area contributed by atoms with E-state index in [1.54, 1.807) is 0 Å². The molecule has 1 heterocycles. The molecule has 0 aromatic heterocycles. The first-order chi connectivity index (χ1) is 7.55. The van der Waals surface area contributed by atoms with Crippen molar-refractivity contribution in [2.24, 2.45) is 10.9 Å². The van der Waals surface area contributed by atoms with E-state index >= 15 is 0 Å². The first-order valence-corrected chi connectivity index (χ1v) is 5.98. The molecule has 0 saturated heterocycles. The van der Waals surface area contributed by atoms with Gasteiger partial charge in [-0.15, -0.1) is 0 Å². The van der Waals surface area contributed by atoms with Crippen LogP contribution >= 0.6 is 0 Å². The molecule has 92 valence electrons. The van der Waals surface area contributed by atoms with Crippen molar-refractivity contribution in [2.75, 3.05) is 13.1 Å². The van der Waals surface area contributed by atoms with Crippen LogP contribution in [0.3, 0.4) is 0 Å². The lowest BCUT2D eigenvalue weighted by molar-refractivity contribution is -0.0514. The summed E-state index contributed by atoms with van der Waals surface area (Å²) in [5.74, 6) is -1.62. The van der Waals surface area contributed by atoms with Crippen LogP contribution in [0.4, 0.5) is 8.78 Å². The minimum absolute atomic E-state index is 0.0167. The highest BCUT2D eigenvalue weighted by atomic mass is 19.3. The van der Waals surface area contributed by atoms with Gasteiger partial charge in [0.2, 0.25) is 5.92 Å². The number of hydrogen-bond donors (Lipinski definition) is 2. The molecular formula is C11H19F2N3. The Morgan fingerprint density at radius 2 is 2.38 bits per heavy atom. The van der Waals surface area contributed by atoms with Gasteiger partial charge in [-0.1, -0.05) is 0 Å². The van der Waals surface area contributed by atoms with Gasteiger partial charge in [0.25, 0.3) is 0 Å². The van der Waals surface area contributed by atoms with Gasteiger partial charge < -0.3 is 10.6 Å². The number of nitrogens with zero attached hydrogens (tertiary/aromatic N) is 1. The van der Waals surface area contributed by atoms with E-state index < -0.39 is 5.92 Å². The lowest BCUT2D eigenvalue weighted by Crippen LogP contribution is -2.41. The van der Waals surface area contributed by atoms with E-state index in [1.807, 2.05) is 6.92 Å². The summed E-state index contributed by atoms with van der Waals surface area (Å²) < 4.78 is 26.3. The Morgan fingerprint density at radius 1 is 1.56 bits per heavy atom. The topological polar surface area (TPSA) is 36.4 Å². The zero-order valence-electron chi connectivity index (χ0n) is 9.60. The van der Waals surface area contributed by atoms with E-state index in [4.69, 9.17) is 0 Å². The van der Waals surface area contributed by atoms with Crippen LogP contribution in [0.25, 0.3) is 0 Å². The molecule has 1 saturated carbocycles. The summed E-state index contributed by atoms with van der Waals surface area (Å²) >= 11 is 0. The van der Waals surface area contributed by atoms with E-state index in [0.29, 0.717) is 19.0 Å². The maximum Gasteiger partial charge on any atom is 0.248 e. The third-order valence-corrected chi connectivity index (χ3v) is 3.21. The van der Waals surface area contributed by atoms with Crippen molar-refractivity contribution in [1.29, 1.82) is 0 Å². The van der Waals surface area contributed by atoms with Gasteiger partial charge in [0.05, 0.1) is 6.54 Å². The van der Waals surface area contributed by atoms with Crippen LogP contribution in [-0.2, 0) is 0 Å². The summed E-state index contributed by atoms with van der Waals surface area (Å²) in [4.78, 5) is 4.24. The van der Waals surface area contributed by atoms with Gasteiger partial charge in [-0.3, -0.25) is 4.99 Å². The third-order valence-electron chi connectivity index (χ3n) is 3.21. The maximum absolute atomic E-state index is 13.1. The van der Waals surface area contributed by atoms with Crippen molar-refractivity contribution in [3.05, 3.63) is 0 Å². The number of hydrogen-bond acceptors (Lipinski definition) is 3. The molecule has 2 atom stereocenters. The van der Waals surface area contributed by atoms with Gasteiger partial charge in [-0.2, -0.15) is 0 Å². The molecule has 2 rings (SSSR count). The van der Waals surface area contributed by atoms with E-state index in [0.717, 1.165) is 18.9 Å². The molecule has 3 nitrogen and oxygen atoms in total. The van der Waals surface area contributed by atoms with Crippen LogP contribution in [0.1, 0.15) is 32.6 Å². The maximum atomic E-state index is 13.1. The van der Waals surface area contributed by atoms with Crippen LogP contribution in [0.2, 0.25) is 0 Å². The van der Waals surface area contributed by atoms with Crippen LogP contribution in [-0.4, -0.2) is 31.0 Å². The average molecular weight is 231 g/mol. The molecular weight excluding hydrogens is 212 g/mol. The number of alkyl halides is 2. The summed E-state index contributed by atoms with van der Waals surface area (Å²) in [5.41, 5.74) is 0. The molecule has 2 unspecified atom stereocenters. The Labute approximate surface area is 94.7 Å². The fourth-order valence-electron chi connectivity index (χ4n) is 2.35. The molecule has 0 aromatic rings. The number of aliphatic imine (C=N–C) groups is 1. The minimum atomic E-state index is -2.46. The Kier molecular flexibility index (Phi) is 3.30. The first-order valence-electron chi connectivity index (χ1n) is 5.98. The van der Waals surface area contributed by atoms with E-state index in [-0.39, 0.29) is 18.8 Å². The first kappa shape index (κ1) is 11.6. The highest BCUT2D eigenvalue weighted by Crippen LogP contribution is 2.36. The van der Waals surface area contributed by atoms with E-state index in [1.165, 1.54) is 0 Å². The van der Waals surface area contributed by atoms with Crippen molar-refractivity contribution >= 4 is 5.96 Å². The van der Waals surface area contributed by atoms with Gasteiger partial charge >= 0.3 is 0 Å². The Balaban J connectivity index is 1.74. The van der Waals surface area contributed by atoms with E-state index in [2.05, 4.69) is 15.6 Å². The summed E-state index contributed by atoms with van der Waals surface area (Å²) in [6.45, 7) is 3.42. The molecule has 0 bridgehead atoms. The summed E-state index contributed by atoms with van der Waals surface area (Å²) in [7, 11) is 0. The monoisotopic (exact) mass is 231 g/mol. The lowest BCUT2D eigenvalue weighted by Gasteiger charge is -2.29. The second-order valence-electron chi connectivity index (χ2n) is 4.93. The third kappa shape index (κ3) is 3.06. The smallest absolute Gasteiger partial charge is 0.248 e. The van der Waals surface area contributed by atoms with Crippen molar-refractivity contribution in [3.8, 4) is 0 Å². The van der Waals surface area contributed by atoms with Gasteiger partial charge in [-0.05, 0) is 25.7 Å². The second kappa shape index (κ2) is 4.55. The summed E-state index contributed by atoms with van der Waals surface area (Å²) in [6, 6.07) is 0.357. The highest BCUT2D eigenvalue weighted by Gasteiger charge is 2.36. The van der Waals surface area contributed by atoms with Crippen LogP contribution in [0.15, 0.2) is 4.99 Å². The molecule has 2 aliphatic rings. The summed E-state index contributed by atoms with van der Waals surface area (Å²) in [6.07, 6.45) is 1.60. The molecule has 0 radical (unpaired) electrons. The fourth-order valence-corrected chi connectivity index (χ4v) is 2.35. The second-order valence-corrected chi connectivity index (χ2v) is 4.93.